The summed E-state index contributed by atoms with van der Waals surface area (Å²) in [5, 5.41) is 6.21. The van der Waals surface area contributed by atoms with Crippen LogP contribution in [0.2, 0.25) is 0 Å². The smallest absolute Gasteiger partial charge is 0.229 e. The van der Waals surface area contributed by atoms with Crippen LogP contribution in [0.4, 0.5) is 17.5 Å². The molecule has 0 aliphatic carbocycles. The van der Waals surface area contributed by atoms with E-state index in [4.69, 9.17) is 9.47 Å². The van der Waals surface area contributed by atoms with Crippen molar-refractivity contribution in [2.75, 3.05) is 44.5 Å². The topological polar surface area (TPSA) is 88.6 Å². The summed E-state index contributed by atoms with van der Waals surface area (Å²) >= 11 is 2.17. The molecule has 2 N–H and O–H groups in total. The van der Waals surface area contributed by atoms with Crippen LogP contribution in [-0.2, 0) is 9.53 Å². The van der Waals surface area contributed by atoms with Gasteiger partial charge >= 0.3 is 0 Å². The second kappa shape index (κ2) is 8.49. The van der Waals surface area contributed by atoms with Gasteiger partial charge in [0.05, 0.1) is 29.5 Å². The zero-order valence-corrected chi connectivity index (χ0v) is 16.7. The van der Waals surface area contributed by atoms with Gasteiger partial charge in [0.1, 0.15) is 17.7 Å². The van der Waals surface area contributed by atoms with E-state index in [2.05, 4.69) is 43.2 Å². The monoisotopic (exact) mass is 469 g/mol. The number of benzene rings is 1. The summed E-state index contributed by atoms with van der Waals surface area (Å²) in [5.74, 6) is 1.88. The Morgan fingerprint density at radius 3 is 3.04 bits per heavy atom. The van der Waals surface area contributed by atoms with Crippen molar-refractivity contribution in [1.82, 2.24) is 14.9 Å². The van der Waals surface area contributed by atoms with Crippen molar-refractivity contribution >= 4 is 46.5 Å². The average molecular weight is 469 g/mol. The van der Waals surface area contributed by atoms with Crippen molar-refractivity contribution in [3.63, 3.8) is 0 Å². The van der Waals surface area contributed by atoms with Crippen molar-refractivity contribution in [3.05, 3.63) is 33.5 Å². The van der Waals surface area contributed by atoms with E-state index >= 15 is 0 Å². The molecule has 8 nitrogen and oxygen atoms in total. The van der Waals surface area contributed by atoms with Gasteiger partial charge in [-0.1, -0.05) is 6.07 Å². The molecule has 1 aromatic carbocycles. The van der Waals surface area contributed by atoms with Crippen LogP contribution in [0.25, 0.3) is 0 Å². The first-order valence-corrected chi connectivity index (χ1v) is 9.18. The molecule has 1 aliphatic rings. The molecule has 138 valence electrons. The largest absolute Gasteiger partial charge is 0.495 e. The third kappa shape index (κ3) is 4.15. The summed E-state index contributed by atoms with van der Waals surface area (Å²) < 4.78 is 12.2. The van der Waals surface area contributed by atoms with Crippen LogP contribution in [0, 0.1) is 3.57 Å². The summed E-state index contributed by atoms with van der Waals surface area (Å²) in [6.45, 7) is 1.68. The molecule has 2 aromatic rings. The summed E-state index contributed by atoms with van der Waals surface area (Å²) in [6.07, 6.45) is 2.44. The molecule has 0 radical (unpaired) electrons. The quantitative estimate of drug-likeness (QED) is 0.496. The standard InChI is InChI=1S/C17H20IN5O3/c1-19-16-12(18)8-20-17(22-16)21-13-4-3-11(7-14(13)25-2)15-9-23(10-24)5-6-26-15/h3-4,7-8,10,15H,5-6,9H2,1-2H3,(H2,19,20,21,22). The number of amides is 1. The minimum atomic E-state index is -0.164. The molecule has 1 aliphatic heterocycles. The number of carbonyl (C=O) groups is 1. The normalized spacial score (nSPS) is 16.9. The van der Waals surface area contributed by atoms with E-state index in [0.717, 1.165) is 27.0 Å². The summed E-state index contributed by atoms with van der Waals surface area (Å²) in [7, 11) is 3.42. The van der Waals surface area contributed by atoms with Gasteiger partial charge in [0.2, 0.25) is 12.4 Å². The maximum Gasteiger partial charge on any atom is 0.229 e. The van der Waals surface area contributed by atoms with E-state index in [-0.39, 0.29) is 6.10 Å². The zero-order valence-electron chi connectivity index (χ0n) is 14.5. The molecule has 1 unspecified atom stereocenters. The number of aromatic nitrogens is 2. The third-order valence-electron chi connectivity index (χ3n) is 4.07. The zero-order chi connectivity index (χ0) is 18.5. The van der Waals surface area contributed by atoms with Gasteiger partial charge in [0, 0.05) is 19.8 Å². The molecule has 1 aromatic heterocycles. The van der Waals surface area contributed by atoms with Gasteiger partial charge < -0.3 is 25.0 Å². The lowest BCUT2D eigenvalue weighted by Gasteiger charge is -2.30. The number of morpholine rings is 1. The van der Waals surface area contributed by atoms with Crippen LogP contribution < -0.4 is 15.4 Å². The number of nitrogens with one attached hydrogen (secondary N) is 2. The van der Waals surface area contributed by atoms with Crippen LogP contribution in [0.3, 0.4) is 0 Å². The molecule has 3 rings (SSSR count). The minimum absolute atomic E-state index is 0.164. The van der Waals surface area contributed by atoms with E-state index < -0.39 is 0 Å². The fraction of sp³-hybridized carbons (Fsp3) is 0.353. The highest BCUT2D eigenvalue weighted by Crippen LogP contribution is 2.32. The lowest BCUT2D eigenvalue weighted by Crippen LogP contribution is -2.37. The molecular weight excluding hydrogens is 449 g/mol. The average Bonchev–Trinajstić information content (AvgIpc) is 2.69. The Labute approximate surface area is 165 Å². The maximum atomic E-state index is 11.0. The van der Waals surface area contributed by atoms with E-state index in [0.29, 0.717) is 31.4 Å². The fourth-order valence-electron chi connectivity index (χ4n) is 2.70. The minimum Gasteiger partial charge on any atom is -0.495 e. The van der Waals surface area contributed by atoms with Crippen LogP contribution in [-0.4, -0.2) is 55.1 Å². The first-order chi connectivity index (χ1) is 12.6. The van der Waals surface area contributed by atoms with E-state index in [9.17, 15) is 4.79 Å². The number of methoxy groups -OCH3 is 1. The van der Waals surface area contributed by atoms with Crippen molar-refractivity contribution in [2.24, 2.45) is 0 Å². The molecule has 1 saturated heterocycles. The van der Waals surface area contributed by atoms with Gasteiger partial charge in [-0.15, -0.1) is 0 Å². The van der Waals surface area contributed by atoms with Crippen molar-refractivity contribution in [2.45, 2.75) is 6.10 Å². The summed E-state index contributed by atoms with van der Waals surface area (Å²) in [5.41, 5.74) is 1.71. The second-order valence-corrected chi connectivity index (χ2v) is 6.85. The van der Waals surface area contributed by atoms with E-state index in [1.54, 1.807) is 18.2 Å². The molecule has 1 atom stereocenters. The van der Waals surface area contributed by atoms with Gasteiger partial charge in [-0.3, -0.25) is 4.79 Å². The van der Waals surface area contributed by atoms with Crippen LogP contribution >= 0.6 is 22.6 Å². The lowest BCUT2D eigenvalue weighted by atomic mass is 10.1. The van der Waals surface area contributed by atoms with Gasteiger partial charge in [0.15, 0.2) is 0 Å². The summed E-state index contributed by atoms with van der Waals surface area (Å²) in [6, 6.07) is 5.76. The summed E-state index contributed by atoms with van der Waals surface area (Å²) in [4.78, 5) is 21.4. The van der Waals surface area contributed by atoms with Crippen molar-refractivity contribution in [3.8, 4) is 5.75 Å². The SMILES string of the molecule is CNc1nc(Nc2ccc(C3CN(C=O)CCO3)cc2OC)ncc1I. The number of hydrogen-bond donors (Lipinski definition) is 2. The Morgan fingerprint density at radius 2 is 2.31 bits per heavy atom. The molecule has 9 heteroatoms. The fourth-order valence-corrected chi connectivity index (χ4v) is 3.23. The molecule has 0 saturated carbocycles. The highest BCUT2D eigenvalue weighted by atomic mass is 127. The predicted octanol–water partition coefficient (Wildman–Crippen LogP) is 2.40. The first kappa shape index (κ1) is 18.6. The number of nitrogens with zero attached hydrogens (tertiary/aromatic N) is 3. The van der Waals surface area contributed by atoms with Crippen molar-refractivity contribution < 1.29 is 14.3 Å². The molecule has 26 heavy (non-hydrogen) atoms. The Balaban J connectivity index is 1.81. The number of hydrogen-bond acceptors (Lipinski definition) is 7. The Kier molecular flexibility index (Phi) is 6.09. The van der Waals surface area contributed by atoms with E-state index in [1.807, 2.05) is 25.2 Å². The van der Waals surface area contributed by atoms with E-state index in [1.165, 1.54) is 0 Å². The number of carbonyl (C=O) groups excluding carboxylic acids is 1. The highest BCUT2D eigenvalue weighted by molar-refractivity contribution is 14.1. The lowest BCUT2D eigenvalue weighted by molar-refractivity contribution is -0.125. The molecular formula is C17H20IN5O3. The van der Waals surface area contributed by atoms with Gasteiger partial charge in [-0.2, -0.15) is 4.98 Å². The number of halogens is 1. The molecule has 0 bridgehead atoms. The Morgan fingerprint density at radius 1 is 1.46 bits per heavy atom. The molecule has 1 fully saturated rings. The third-order valence-corrected chi connectivity index (χ3v) is 4.86. The maximum absolute atomic E-state index is 11.0. The van der Waals surface area contributed by atoms with Crippen LogP contribution in [0.15, 0.2) is 24.4 Å². The number of ether oxygens (including phenoxy) is 2. The van der Waals surface area contributed by atoms with Crippen molar-refractivity contribution in [1.29, 1.82) is 0 Å². The van der Waals surface area contributed by atoms with Gasteiger partial charge in [-0.05, 0) is 40.3 Å². The Hall–Kier alpha value is -2.14. The highest BCUT2D eigenvalue weighted by Gasteiger charge is 2.22. The first-order valence-electron chi connectivity index (χ1n) is 8.10. The Bertz CT molecular complexity index is 789. The van der Waals surface area contributed by atoms with Gasteiger partial charge in [-0.25, -0.2) is 4.98 Å². The predicted molar refractivity (Wildman–Crippen MR) is 107 cm³/mol. The molecule has 2 heterocycles. The van der Waals surface area contributed by atoms with Crippen LogP contribution in [0.1, 0.15) is 11.7 Å². The number of anilines is 3. The molecule has 0 spiro atoms. The number of rotatable bonds is 6. The van der Waals surface area contributed by atoms with Gasteiger partial charge in [0.25, 0.3) is 0 Å². The van der Waals surface area contributed by atoms with Crippen LogP contribution in [0.5, 0.6) is 5.75 Å². The second-order valence-electron chi connectivity index (χ2n) is 5.68. The molecule has 1 amide bonds.